The summed E-state index contributed by atoms with van der Waals surface area (Å²) in [5.41, 5.74) is 13.0. The van der Waals surface area contributed by atoms with E-state index in [0.29, 0.717) is 17.5 Å². The van der Waals surface area contributed by atoms with Gasteiger partial charge in [0.1, 0.15) is 5.58 Å². The van der Waals surface area contributed by atoms with E-state index >= 15 is 0 Å². The first-order chi connectivity index (χ1) is 31.3. The van der Waals surface area contributed by atoms with Gasteiger partial charge in [-0.1, -0.05) is 164 Å². The van der Waals surface area contributed by atoms with Crippen LogP contribution in [0.4, 0.5) is 0 Å². The van der Waals surface area contributed by atoms with Gasteiger partial charge < -0.3 is 13.6 Å². The molecule has 63 heavy (non-hydrogen) atoms. The monoisotopic (exact) mass is 805 g/mol. The fourth-order valence-corrected chi connectivity index (χ4v) is 9.65. The number of fused-ring (bicyclic) bond motifs is 12. The van der Waals surface area contributed by atoms with E-state index in [9.17, 15) is 0 Å². The van der Waals surface area contributed by atoms with Crippen molar-refractivity contribution in [1.29, 1.82) is 0 Å². The van der Waals surface area contributed by atoms with E-state index in [2.05, 4.69) is 161 Å². The van der Waals surface area contributed by atoms with Crippen LogP contribution in [0.5, 0.6) is 0 Å². The van der Waals surface area contributed by atoms with E-state index in [1.54, 1.807) is 0 Å². The van der Waals surface area contributed by atoms with Crippen molar-refractivity contribution in [3.8, 4) is 56.7 Å². The lowest BCUT2D eigenvalue weighted by molar-refractivity contribution is 0.671. The van der Waals surface area contributed by atoms with Gasteiger partial charge in [0.15, 0.2) is 23.1 Å². The van der Waals surface area contributed by atoms with E-state index < -0.39 is 0 Å². The summed E-state index contributed by atoms with van der Waals surface area (Å²) in [6.45, 7) is 0. The van der Waals surface area contributed by atoms with Crippen LogP contribution in [0.3, 0.4) is 0 Å². The minimum atomic E-state index is 0.606. The largest absolute Gasteiger partial charge is 0.454 e. The van der Waals surface area contributed by atoms with Crippen LogP contribution in [-0.2, 0) is 0 Å². The van der Waals surface area contributed by atoms with E-state index in [-0.39, 0.29) is 0 Å². The van der Waals surface area contributed by atoms with Crippen LogP contribution < -0.4 is 0 Å². The molecule has 294 valence electrons. The number of hydrogen-bond donors (Lipinski definition) is 0. The highest BCUT2D eigenvalue weighted by Crippen LogP contribution is 2.50. The molecule has 0 saturated carbocycles. The first-order valence-corrected chi connectivity index (χ1v) is 21.2. The van der Waals surface area contributed by atoms with Crippen LogP contribution in [0, 0.1) is 0 Å². The molecule has 0 aliphatic carbocycles. The molecule has 0 N–H and O–H groups in total. The number of benzene rings is 9. The maximum Gasteiger partial charge on any atom is 0.164 e. The molecule has 13 rings (SSSR count). The van der Waals surface area contributed by atoms with E-state index in [1.807, 2.05) is 60.7 Å². The Labute approximate surface area is 361 Å². The minimum absolute atomic E-state index is 0.606. The molecule has 0 aliphatic rings. The van der Waals surface area contributed by atoms with Crippen molar-refractivity contribution in [1.82, 2.24) is 24.1 Å². The zero-order valence-electron chi connectivity index (χ0n) is 33.9. The van der Waals surface area contributed by atoms with Crippen LogP contribution in [0.15, 0.2) is 217 Å². The Balaban J connectivity index is 1.16. The lowest BCUT2D eigenvalue weighted by Gasteiger charge is -2.16. The van der Waals surface area contributed by atoms with Crippen LogP contribution in [-0.4, -0.2) is 24.1 Å². The zero-order chi connectivity index (χ0) is 41.4. The SMILES string of the molecule is c1ccc(-c2nc(-c3ccccc3)nc(-c3ccc(-n4c5ccccc5c5c6c7ccccc7n(-c7ccccc7)c6c6oc7ccccc7c6c54)cc3-c3ccccc3)n2)cc1. The standard InChI is InChI=1S/C57H35N5O/c1-5-19-36(20-6-1)45-35-40(33-34-41(45)57-59-55(37-21-7-2-8-22-37)58-56(60-57)38-23-9-3-10-24-38)62-47-31-17-13-27-42(47)49-50-43-28-14-16-30-46(43)61(39-25-11-4-12-26-39)53(50)54-51(52(49)62)44-29-15-18-32-48(44)63-54/h1-35H. The van der Waals surface area contributed by atoms with Gasteiger partial charge in [0.05, 0.1) is 27.5 Å². The third-order valence-electron chi connectivity index (χ3n) is 12.3. The van der Waals surface area contributed by atoms with Crippen molar-refractivity contribution in [3.05, 3.63) is 212 Å². The number of hydrogen-bond acceptors (Lipinski definition) is 4. The Morgan fingerprint density at radius 3 is 1.43 bits per heavy atom. The van der Waals surface area contributed by atoms with Gasteiger partial charge in [-0.15, -0.1) is 0 Å². The van der Waals surface area contributed by atoms with Crippen molar-refractivity contribution < 1.29 is 4.42 Å². The molecule has 0 bridgehead atoms. The molecule has 0 aliphatic heterocycles. The predicted octanol–water partition coefficient (Wildman–Crippen LogP) is 14.6. The molecule has 0 saturated heterocycles. The molecule has 0 unspecified atom stereocenters. The second-order valence-corrected chi connectivity index (χ2v) is 15.9. The highest BCUT2D eigenvalue weighted by Gasteiger charge is 2.28. The molecule has 4 aromatic heterocycles. The zero-order valence-corrected chi connectivity index (χ0v) is 33.9. The molecular formula is C57H35N5O. The quantitative estimate of drug-likeness (QED) is 0.168. The van der Waals surface area contributed by atoms with E-state index in [0.717, 1.165) is 88.6 Å². The molecule has 4 heterocycles. The van der Waals surface area contributed by atoms with E-state index in [4.69, 9.17) is 19.4 Å². The molecular weight excluding hydrogens is 771 g/mol. The van der Waals surface area contributed by atoms with Crippen LogP contribution in [0.1, 0.15) is 0 Å². The average molecular weight is 806 g/mol. The summed E-state index contributed by atoms with van der Waals surface area (Å²) in [6.07, 6.45) is 0. The van der Waals surface area contributed by atoms with Crippen molar-refractivity contribution >= 4 is 65.6 Å². The predicted molar refractivity (Wildman–Crippen MR) is 258 cm³/mol. The van der Waals surface area contributed by atoms with Crippen molar-refractivity contribution in [3.63, 3.8) is 0 Å². The number of furan rings is 1. The van der Waals surface area contributed by atoms with Crippen molar-refractivity contribution in [2.75, 3.05) is 0 Å². The third-order valence-corrected chi connectivity index (χ3v) is 12.3. The van der Waals surface area contributed by atoms with Gasteiger partial charge in [0, 0.05) is 55.0 Å². The normalized spacial score (nSPS) is 11.8. The molecule has 13 aromatic rings. The molecule has 0 radical (unpaired) electrons. The number of nitrogens with zero attached hydrogens (tertiary/aromatic N) is 5. The molecule has 0 spiro atoms. The summed E-state index contributed by atoms with van der Waals surface area (Å²) in [7, 11) is 0. The van der Waals surface area contributed by atoms with Crippen LogP contribution in [0.2, 0.25) is 0 Å². The van der Waals surface area contributed by atoms with Crippen LogP contribution in [0.25, 0.3) is 122 Å². The molecule has 0 fully saturated rings. The van der Waals surface area contributed by atoms with Gasteiger partial charge >= 0.3 is 0 Å². The van der Waals surface area contributed by atoms with Gasteiger partial charge in [-0.2, -0.15) is 0 Å². The molecule has 0 amide bonds. The molecule has 6 heteroatoms. The Hall–Kier alpha value is -8.61. The van der Waals surface area contributed by atoms with E-state index in [1.165, 1.54) is 16.2 Å². The second-order valence-electron chi connectivity index (χ2n) is 15.9. The van der Waals surface area contributed by atoms with Gasteiger partial charge in [0.2, 0.25) is 0 Å². The number of para-hydroxylation sites is 4. The Morgan fingerprint density at radius 1 is 0.333 bits per heavy atom. The first-order valence-electron chi connectivity index (χ1n) is 21.2. The summed E-state index contributed by atoms with van der Waals surface area (Å²) in [5.74, 6) is 1.85. The van der Waals surface area contributed by atoms with Gasteiger partial charge in [-0.3, -0.25) is 0 Å². The van der Waals surface area contributed by atoms with Gasteiger partial charge in [-0.05, 0) is 59.7 Å². The van der Waals surface area contributed by atoms with Crippen molar-refractivity contribution in [2.45, 2.75) is 0 Å². The number of rotatable bonds is 6. The summed E-state index contributed by atoms with van der Waals surface area (Å²) in [5, 5.41) is 6.84. The topological polar surface area (TPSA) is 61.7 Å². The molecule has 0 atom stereocenters. The molecule has 9 aromatic carbocycles. The van der Waals surface area contributed by atoms with Gasteiger partial charge in [0.25, 0.3) is 0 Å². The first kappa shape index (κ1) is 35.2. The average Bonchev–Trinajstić information content (AvgIpc) is 4.03. The Morgan fingerprint density at radius 2 is 0.810 bits per heavy atom. The summed E-state index contributed by atoms with van der Waals surface area (Å²) in [6, 6.07) is 74.2. The fraction of sp³-hybridized carbons (Fsp3) is 0. The minimum Gasteiger partial charge on any atom is -0.454 e. The Bertz CT molecular complexity index is 3830. The summed E-state index contributed by atoms with van der Waals surface area (Å²) in [4.78, 5) is 15.4. The van der Waals surface area contributed by atoms with Crippen LogP contribution >= 0.6 is 0 Å². The highest BCUT2D eigenvalue weighted by molar-refractivity contribution is 6.39. The third kappa shape index (κ3) is 5.41. The second kappa shape index (κ2) is 14.0. The smallest absolute Gasteiger partial charge is 0.164 e. The summed E-state index contributed by atoms with van der Waals surface area (Å²) >= 11 is 0. The highest BCUT2D eigenvalue weighted by atomic mass is 16.3. The maximum atomic E-state index is 7.06. The van der Waals surface area contributed by atoms with Crippen molar-refractivity contribution in [2.24, 2.45) is 0 Å². The van der Waals surface area contributed by atoms with Gasteiger partial charge in [-0.25, -0.2) is 15.0 Å². The lowest BCUT2D eigenvalue weighted by atomic mass is 9.98. The maximum absolute atomic E-state index is 7.06. The summed E-state index contributed by atoms with van der Waals surface area (Å²) < 4.78 is 11.9. The Kier molecular flexibility index (Phi) is 7.80. The number of aromatic nitrogens is 5. The fourth-order valence-electron chi connectivity index (χ4n) is 9.65. The molecule has 6 nitrogen and oxygen atoms in total. The lowest BCUT2D eigenvalue weighted by Crippen LogP contribution is -2.02.